The smallest absolute Gasteiger partial charge is 0.242 e. The summed E-state index contributed by atoms with van der Waals surface area (Å²) in [5, 5.41) is 9.36. The minimum Gasteiger partial charge on any atom is -0.506 e. The first-order valence-electron chi connectivity index (χ1n) is 6.36. The molecule has 0 bridgehead atoms. The van der Waals surface area contributed by atoms with E-state index in [0.717, 1.165) is 5.69 Å². The Labute approximate surface area is 123 Å². The van der Waals surface area contributed by atoms with Crippen molar-refractivity contribution in [3.63, 3.8) is 0 Å². The number of phenols is 1. The van der Waals surface area contributed by atoms with Crippen molar-refractivity contribution in [1.82, 2.24) is 9.29 Å². The summed E-state index contributed by atoms with van der Waals surface area (Å²) in [6.07, 6.45) is 2.19. The summed E-state index contributed by atoms with van der Waals surface area (Å²) in [6.45, 7) is 0.306. The number of likely N-dealkylation sites (N-methyl/N-ethyl adjacent to an activating group) is 1. The van der Waals surface area contributed by atoms with E-state index in [-0.39, 0.29) is 16.3 Å². The first kappa shape index (κ1) is 15.3. The average Bonchev–Trinajstić information content (AvgIpc) is 2.48. The number of hydrogen-bond acceptors (Lipinski definition) is 5. The number of aromatic nitrogens is 1. The fourth-order valence-electron chi connectivity index (χ4n) is 1.81. The van der Waals surface area contributed by atoms with Crippen LogP contribution in [0, 0.1) is 0 Å². The van der Waals surface area contributed by atoms with Crippen LogP contribution < -0.4 is 5.73 Å². The molecule has 0 saturated heterocycles. The molecule has 0 atom stereocenters. The molecule has 1 heterocycles. The van der Waals surface area contributed by atoms with Gasteiger partial charge >= 0.3 is 0 Å². The topological polar surface area (TPSA) is 96.5 Å². The lowest BCUT2D eigenvalue weighted by molar-refractivity contribution is 0.469. The van der Waals surface area contributed by atoms with Gasteiger partial charge in [-0.15, -0.1) is 0 Å². The minimum atomic E-state index is -3.63. The van der Waals surface area contributed by atoms with E-state index in [2.05, 4.69) is 4.98 Å². The van der Waals surface area contributed by atoms with Gasteiger partial charge in [-0.05, 0) is 30.3 Å². The third kappa shape index (κ3) is 3.50. The van der Waals surface area contributed by atoms with Crippen LogP contribution in [0.2, 0.25) is 0 Å². The van der Waals surface area contributed by atoms with Crippen molar-refractivity contribution in [2.24, 2.45) is 0 Å². The number of nitrogens with zero attached hydrogens (tertiary/aromatic N) is 2. The fraction of sp³-hybridized carbons (Fsp3) is 0.214. The lowest BCUT2D eigenvalue weighted by Gasteiger charge is -2.17. The van der Waals surface area contributed by atoms with Gasteiger partial charge in [-0.25, -0.2) is 12.7 Å². The molecular formula is C14H17N3O3S. The Kier molecular flexibility index (Phi) is 4.44. The Hall–Kier alpha value is -2.12. The van der Waals surface area contributed by atoms with Gasteiger partial charge in [0.05, 0.1) is 10.6 Å². The van der Waals surface area contributed by atoms with E-state index >= 15 is 0 Å². The first-order valence-corrected chi connectivity index (χ1v) is 7.80. The SMILES string of the molecule is CN(CCc1ccccn1)S(=O)(=O)c1ccc(O)c(N)c1. The third-order valence-corrected chi connectivity index (χ3v) is 4.97. The lowest BCUT2D eigenvalue weighted by atomic mass is 10.3. The zero-order valence-corrected chi connectivity index (χ0v) is 12.4. The molecule has 0 amide bonds. The van der Waals surface area contributed by atoms with Crippen LogP contribution in [0.4, 0.5) is 5.69 Å². The summed E-state index contributed by atoms with van der Waals surface area (Å²) in [5.41, 5.74) is 6.40. The van der Waals surface area contributed by atoms with Gasteiger partial charge in [0, 0.05) is 31.9 Å². The molecule has 2 rings (SSSR count). The van der Waals surface area contributed by atoms with Crippen LogP contribution in [0.25, 0.3) is 0 Å². The maximum atomic E-state index is 12.4. The molecule has 0 fully saturated rings. The molecule has 21 heavy (non-hydrogen) atoms. The molecule has 7 heteroatoms. The molecule has 112 valence electrons. The molecule has 1 aromatic carbocycles. The van der Waals surface area contributed by atoms with Crippen LogP contribution in [0.5, 0.6) is 5.75 Å². The Morgan fingerprint density at radius 2 is 2.05 bits per heavy atom. The zero-order valence-electron chi connectivity index (χ0n) is 11.6. The van der Waals surface area contributed by atoms with Crippen LogP contribution in [0.1, 0.15) is 5.69 Å². The van der Waals surface area contributed by atoms with E-state index in [1.165, 1.54) is 29.6 Å². The largest absolute Gasteiger partial charge is 0.506 e. The van der Waals surface area contributed by atoms with Gasteiger partial charge in [0.15, 0.2) is 0 Å². The highest BCUT2D eigenvalue weighted by Crippen LogP contribution is 2.24. The molecule has 0 radical (unpaired) electrons. The Balaban J connectivity index is 2.13. The van der Waals surface area contributed by atoms with Gasteiger partial charge in [-0.3, -0.25) is 4.98 Å². The summed E-state index contributed by atoms with van der Waals surface area (Å²) >= 11 is 0. The zero-order chi connectivity index (χ0) is 15.5. The molecule has 0 saturated carbocycles. The number of anilines is 1. The second-order valence-electron chi connectivity index (χ2n) is 4.62. The van der Waals surface area contributed by atoms with Gasteiger partial charge in [0.25, 0.3) is 0 Å². The van der Waals surface area contributed by atoms with Gasteiger partial charge < -0.3 is 10.8 Å². The highest BCUT2D eigenvalue weighted by atomic mass is 32.2. The van der Waals surface area contributed by atoms with Gasteiger partial charge in [0.2, 0.25) is 10.0 Å². The number of hydrogen-bond donors (Lipinski definition) is 2. The van der Waals surface area contributed by atoms with Crippen LogP contribution in [0.3, 0.4) is 0 Å². The summed E-state index contributed by atoms with van der Waals surface area (Å²) in [7, 11) is -2.13. The van der Waals surface area contributed by atoms with Gasteiger partial charge in [-0.1, -0.05) is 6.07 Å². The fourth-order valence-corrected chi connectivity index (χ4v) is 3.02. The van der Waals surface area contributed by atoms with Crippen molar-refractivity contribution in [2.75, 3.05) is 19.3 Å². The van der Waals surface area contributed by atoms with Crippen molar-refractivity contribution in [1.29, 1.82) is 0 Å². The molecule has 6 nitrogen and oxygen atoms in total. The minimum absolute atomic E-state index is 0.0363. The maximum absolute atomic E-state index is 12.4. The number of phenolic OH excluding ortho intramolecular Hbond substituents is 1. The Bertz CT molecular complexity index is 717. The number of nitrogen functional groups attached to an aromatic ring is 1. The second kappa shape index (κ2) is 6.11. The standard InChI is InChI=1S/C14H17N3O3S/c1-17(9-7-11-4-2-3-8-16-11)21(19,20)12-5-6-14(18)13(15)10-12/h2-6,8,10,18H,7,9,15H2,1H3. The quantitative estimate of drug-likeness (QED) is 0.640. The van der Waals surface area contributed by atoms with E-state index in [1.807, 2.05) is 18.2 Å². The van der Waals surface area contributed by atoms with Crippen molar-refractivity contribution >= 4 is 15.7 Å². The summed E-state index contributed by atoms with van der Waals surface area (Å²) in [6, 6.07) is 9.37. The predicted molar refractivity (Wildman–Crippen MR) is 80.3 cm³/mol. The molecule has 0 aliphatic rings. The monoisotopic (exact) mass is 307 g/mol. The summed E-state index contributed by atoms with van der Waals surface area (Å²) in [5.74, 6) is -0.134. The number of rotatable bonds is 5. The molecule has 1 aromatic heterocycles. The molecule has 3 N–H and O–H groups in total. The molecule has 0 unspecified atom stereocenters. The summed E-state index contributed by atoms with van der Waals surface area (Å²) in [4.78, 5) is 4.21. The number of nitrogens with two attached hydrogens (primary N) is 1. The van der Waals surface area contributed by atoms with E-state index in [0.29, 0.717) is 13.0 Å². The summed E-state index contributed by atoms with van der Waals surface area (Å²) < 4.78 is 26.0. The van der Waals surface area contributed by atoms with Crippen LogP contribution in [0.15, 0.2) is 47.5 Å². The van der Waals surface area contributed by atoms with Gasteiger partial charge in [0.1, 0.15) is 5.75 Å². The molecular weight excluding hydrogens is 290 g/mol. The third-order valence-electron chi connectivity index (χ3n) is 3.12. The van der Waals surface area contributed by atoms with E-state index in [4.69, 9.17) is 5.73 Å². The van der Waals surface area contributed by atoms with Crippen molar-refractivity contribution < 1.29 is 13.5 Å². The number of aromatic hydroxyl groups is 1. The van der Waals surface area contributed by atoms with Crippen molar-refractivity contribution in [3.05, 3.63) is 48.3 Å². The predicted octanol–water partition coefficient (Wildman–Crippen LogP) is 1.23. The van der Waals surface area contributed by atoms with Crippen molar-refractivity contribution in [3.8, 4) is 5.75 Å². The number of sulfonamides is 1. The molecule has 0 spiro atoms. The lowest BCUT2D eigenvalue weighted by Crippen LogP contribution is -2.29. The molecule has 2 aromatic rings. The highest BCUT2D eigenvalue weighted by molar-refractivity contribution is 7.89. The maximum Gasteiger partial charge on any atom is 0.242 e. The van der Waals surface area contributed by atoms with Crippen LogP contribution >= 0.6 is 0 Å². The normalized spacial score (nSPS) is 11.7. The van der Waals surface area contributed by atoms with Crippen LogP contribution in [-0.4, -0.2) is 36.4 Å². The van der Waals surface area contributed by atoms with Gasteiger partial charge in [-0.2, -0.15) is 0 Å². The number of benzene rings is 1. The van der Waals surface area contributed by atoms with Crippen molar-refractivity contribution in [2.45, 2.75) is 11.3 Å². The van der Waals surface area contributed by atoms with Crippen LogP contribution in [-0.2, 0) is 16.4 Å². The average molecular weight is 307 g/mol. The first-order chi connectivity index (χ1) is 9.91. The molecule has 0 aliphatic carbocycles. The number of pyridine rings is 1. The Morgan fingerprint density at radius 1 is 1.29 bits per heavy atom. The van der Waals surface area contributed by atoms with E-state index in [1.54, 1.807) is 6.20 Å². The molecule has 0 aliphatic heterocycles. The second-order valence-corrected chi connectivity index (χ2v) is 6.66. The van der Waals surface area contributed by atoms with E-state index in [9.17, 15) is 13.5 Å². The van der Waals surface area contributed by atoms with E-state index < -0.39 is 10.0 Å². The Morgan fingerprint density at radius 3 is 2.67 bits per heavy atom. The highest BCUT2D eigenvalue weighted by Gasteiger charge is 2.21.